The average Bonchev–Trinajstić information content (AvgIpc) is 3.13. The van der Waals surface area contributed by atoms with Crippen LogP contribution in [0.25, 0.3) is 10.9 Å². The van der Waals surface area contributed by atoms with Crippen molar-refractivity contribution in [2.75, 3.05) is 7.11 Å². The number of ether oxygens (including phenoxy) is 1. The van der Waals surface area contributed by atoms with Crippen molar-refractivity contribution >= 4 is 38.7 Å². The van der Waals surface area contributed by atoms with Gasteiger partial charge in [-0.15, -0.1) is 0 Å². The minimum atomic E-state index is -0.688. The van der Waals surface area contributed by atoms with Crippen LogP contribution in [0.3, 0.4) is 0 Å². The first-order valence-corrected chi connectivity index (χ1v) is 9.71. The van der Waals surface area contributed by atoms with Crippen LogP contribution in [-0.4, -0.2) is 30.0 Å². The zero-order valence-electron chi connectivity index (χ0n) is 15.7. The first-order valence-electron chi connectivity index (χ1n) is 8.91. The number of H-pyrrole nitrogens is 1. The highest BCUT2D eigenvalue weighted by molar-refractivity contribution is 9.10. The molecule has 2 atom stereocenters. The number of methoxy groups -OCH3 is 1. The van der Waals surface area contributed by atoms with E-state index in [-0.39, 0.29) is 5.91 Å². The van der Waals surface area contributed by atoms with Gasteiger partial charge in [0.1, 0.15) is 12.1 Å². The number of rotatable bonds is 7. The Morgan fingerprint density at radius 1 is 1.14 bits per heavy atom. The second kappa shape index (κ2) is 9.03. The van der Waals surface area contributed by atoms with E-state index in [0.717, 1.165) is 26.5 Å². The highest BCUT2D eigenvalue weighted by Gasteiger charge is 2.25. The van der Waals surface area contributed by atoms with Crippen molar-refractivity contribution in [3.63, 3.8) is 0 Å². The fraction of sp³-hybridized carbons (Fsp3) is 0.238. The van der Waals surface area contributed by atoms with Gasteiger partial charge in [-0.2, -0.15) is 0 Å². The lowest BCUT2D eigenvalue weighted by atomic mass is 10.0. The fourth-order valence-corrected chi connectivity index (χ4v) is 3.30. The van der Waals surface area contributed by atoms with E-state index < -0.39 is 18.1 Å². The summed E-state index contributed by atoms with van der Waals surface area (Å²) in [4.78, 5) is 28.0. The Bertz CT molecular complexity index is 968. The number of nitrogens with one attached hydrogen (secondary N) is 3. The van der Waals surface area contributed by atoms with Gasteiger partial charge in [0.2, 0.25) is 5.91 Å². The molecule has 2 aromatic carbocycles. The van der Waals surface area contributed by atoms with E-state index >= 15 is 0 Å². The third-order valence-electron chi connectivity index (χ3n) is 4.56. The van der Waals surface area contributed by atoms with Crippen LogP contribution in [0.5, 0.6) is 0 Å². The van der Waals surface area contributed by atoms with Gasteiger partial charge < -0.3 is 15.0 Å². The first-order chi connectivity index (χ1) is 13.5. The SMILES string of the molecule is COC(=O)C(C)NC(C(=O)NCc1c[nH]c2ccccc12)c1ccc(Br)cc1. The fourth-order valence-electron chi connectivity index (χ4n) is 3.04. The maximum absolute atomic E-state index is 13.0. The Morgan fingerprint density at radius 2 is 1.86 bits per heavy atom. The van der Waals surface area contributed by atoms with E-state index in [1.807, 2.05) is 54.7 Å². The van der Waals surface area contributed by atoms with Crippen molar-refractivity contribution < 1.29 is 14.3 Å². The van der Waals surface area contributed by atoms with Crippen LogP contribution >= 0.6 is 15.9 Å². The van der Waals surface area contributed by atoms with Gasteiger partial charge in [-0.25, -0.2) is 0 Å². The normalized spacial score (nSPS) is 13.1. The predicted octanol–water partition coefficient (Wildman–Crippen LogP) is 3.44. The molecule has 2 unspecified atom stereocenters. The average molecular weight is 444 g/mol. The molecule has 146 valence electrons. The zero-order chi connectivity index (χ0) is 20.1. The molecule has 1 aromatic heterocycles. The molecule has 1 amide bonds. The number of aromatic nitrogens is 1. The molecule has 0 bridgehead atoms. The Balaban J connectivity index is 1.77. The van der Waals surface area contributed by atoms with E-state index in [1.54, 1.807) is 6.92 Å². The smallest absolute Gasteiger partial charge is 0.322 e. The van der Waals surface area contributed by atoms with Gasteiger partial charge in [-0.1, -0.05) is 46.3 Å². The van der Waals surface area contributed by atoms with Gasteiger partial charge in [0.05, 0.1) is 7.11 Å². The monoisotopic (exact) mass is 443 g/mol. The van der Waals surface area contributed by atoms with Crippen molar-refractivity contribution in [1.82, 2.24) is 15.6 Å². The zero-order valence-corrected chi connectivity index (χ0v) is 17.2. The van der Waals surface area contributed by atoms with Crippen molar-refractivity contribution in [1.29, 1.82) is 0 Å². The number of fused-ring (bicyclic) bond motifs is 1. The van der Waals surface area contributed by atoms with Gasteiger partial charge in [0.15, 0.2) is 0 Å². The number of carbonyl (C=O) groups excluding carboxylic acids is 2. The number of carbonyl (C=O) groups is 2. The van der Waals surface area contributed by atoms with Crippen molar-refractivity contribution in [2.24, 2.45) is 0 Å². The van der Waals surface area contributed by atoms with E-state index in [1.165, 1.54) is 7.11 Å². The molecule has 1 heterocycles. The third-order valence-corrected chi connectivity index (χ3v) is 5.09. The summed E-state index contributed by atoms with van der Waals surface area (Å²) >= 11 is 3.40. The summed E-state index contributed by atoms with van der Waals surface area (Å²) in [7, 11) is 1.33. The molecule has 0 aliphatic rings. The maximum atomic E-state index is 13.0. The molecule has 0 saturated heterocycles. The lowest BCUT2D eigenvalue weighted by Gasteiger charge is -2.22. The van der Waals surface area contributed by atoms with E-state index in [2.05, 4.69) is 31.5 Å². The number of esters is 1. The molecule has 7 heteroatoms. The van der Waals surface area contributed by atoms with Crippen molar-refractivity contribution in [3.8, 4) is 0 Å². The summed E-state index contributed by atoms with van der Waals surface area (Å²) in [6.07, 6.45) is 1.89. The summed E-state index contributed by atoms with van der Waals surface area (Å²) in [6, 6.07) is 14.0. The summed E-state index contributed by atoms with van der Waals surface area (Å²) in [5.41, 5.74) is 2.78. The number of hydrogen-bond donors (Lipinski definition) is 3. The van der Waals surface area contributed by atoms with Crippen molar-refractivity contribution in [3.05, 3.63) is 70.3 Å². The largest absolute Gasteiger partial charge is 0.468 e. The second-order valence-corrected chi connectivity index (χ2v) is 7.39. The van der Waals surface area contributed by atoms with E-state index in [4.69, 9.17) is 4.74 Å². The standard InChI is InChI=1S/C21H22BrN3O3/c1-13(21(27)28-2)25-19(14-7-9-16(22)10-8-14)20(26)24-12-15-11-23-18-6-4-3-5-17(15)18/h3-11,13,19,23,25H,12H2,1-2H3,(H,24,26). The first kappa shape index (κ1) is 20.1. The van der Waals surface area contributed by atoms with Crippen LogP contribution in [-0.2, 0) is 20.9 Å². The number of halogens is 1. The summed E-state index contributed by atoms with van der Waals surface area (Å²) < 4.78 is 5.68. The minimum absolute atomic E-state index is 0.219. The Hall–Kier alpha value is -2.64. The minimum Gasteiger partial charge on any atom is -0.468 e. The topological polar surface area (TPSA) is 83.2 Å². The number of amides is 1. The van der Waals surface area contributed by atoms with E-state index in [9.17, 15) is 9.59 Å². The molecule has 0 aliphatic carbocycles. The lowest BCUT2D eigenvalue weighted by Crippen LogP contribution is -2.44. The molecular formula is C21H22BrN3O3. The molecule has 0 saturated carbocycles. The molecule has 0 radical (unpaired) electrons. The number of hydrogen-bond acceptors (Lipinski definition) is 4. The highest BCUT2D eigenvalue weighted by Crippen LogP contribution is 2.20. The molecular weight excluding hydrogens is 422 g/mol. The van der Waals surface area contributed by atoms with Gasteiger partial charge >= 0.3 is 5.97 Å². The second-order valence-electron chi connectivity index (χ2n) is 6.47. The molecule has 0 spiro atoms. The Kier molecular flexibility index (Phi) is 6.49. The molecule has 6 nitrogen and oxygen atoms in total. The molecule has 0 aliphatic heterocycles. The van der Waals surface area contributed by atoms with Gasteiger partial charge in [-0.05, 0) is 36.2 Å². The molecule has 3 N–H and O–H groups in total. The van der Waals surface area contributed by atoms with Crippen LogP contribution < -0.4 is 10.6 Å². The molecule has 28 heavy (non-hydrogen) atoms. The summed E-state index contributed by atoms with van der Waals surface area (Å²) in [5, 5.41) is 7.10. The predicted molar refractivity (Wildman–Crippen MR) is 112 cm³/mol. The van der Waals surface area contributed by atoms with Gasteiger partial charge in [0, 0.05) is 28.1 Å². The Labute approximate surface area is 171 Å². The van der Waals surface area contributed by atoms with Crippen LogP contribution in [0.1, 0.15) is 24.1 Å². The van der Waals surface area contributed by atoms with Gasteiger partial charge in [-0.3, -0.25) is 14.9 Å². The number of benzene rings is 2. The number of para-hydroxylation sites is 1. The van der Waals surface area contributed by atoms with Gasteiger partial charge in [0.25, 0.3) is 0 Å². The van der Waals surface area contributed by atoms with E-state index in [0.29, 0.717) is 6.54 Å². The quantitative estimate of drug-likeness (QED) is 0.488. The van der Waals surface area contributed by atoms with Crippen LogP contribution in [0, 0.1) is 0 Å². The van der Waals surface area contributed by atoms with Crippen LogP contribution in [0.4, 0.5) is 0 Å². The maximum Gasteiger partial charge on any atom is 0.322 e. The van der Waals surface area contributed by atoms with Crippen LogP contribution in [0.2, 0.25) is 0 Å². The molecule has 3 rings (SSSR count). The summed E-state index contributed by atoms with van der Waals surface area (Å²) in [6.45, 7) is 2.05. The number of aromatic amines is 1. The highest BCUT2D eigenvalue weighted by atomic mass is 79.9. The Morgan fingerprint density at radius 3 is 2.57 bits per heavy atom. The molecule has 3 aromatic rings. The summed E-state index contributed by atoms with van der Waals surface area (Å²) in [5.74, 6) is -0.644. The van der Waals surface area contributed by atoms with Crippen molar-refractivity contribution in [2.45, 2.75) is 25.6 Å². The van der Waals surface area contributed by atoms with Crippen LogP contribution in [0.15, 0.2) is 59.2 Å². The third kappa shape index (κ3) is 4.61. The lowest BCUT2D eigenvalue weighted by molar-refractivity contribution is -0.143. The molecule has 0 fully saturated rings.